The number of ketones is 1. The molecule has 96 valence electrons. The second-order valence-corrected chi connectivity index (χ2v) is 5.48. The van der Waals surface area contributed by atoms with Crippen LogP contribution in [0, 0.1) is 23.2 Å². The van der Waals surface area contributed by atoms with Gasteiger partial charge in [0.2, 0.25) is 0 Å². The van der Waals surface area contributed by atoms with E-state index in [9.17, 15) is 15.2 Å². The summed E-state index contributed by atoms with van der Waals surface area (Å²) in [5.41, 5.74) is 1.74. The van der Waals surface area contributed by atoms with Crippen molar-refractivity contribution in [1.29, 1.82) is 5.26 Å². The molecule has 2 atom stereocenters. The number of rotatable bonds is 1. The fourth-order valence-corrected chi connectivity index (χ4v) is 3.57. The highest BCUT2D eigenvalue weighted by molar-refractivity contribution is 6.33. The van der Waals surface area contributed by atoms with Crippen LogP contribution in [0.5, 0.6) is 5.75 Å². The summed E-state index contributed by atoms with van der Waals surface area (Å²) in [6.07, 6.45) is 2.79. The molecule has 0 aliphatic heterocycles. The molecule has 3 nitrogen and oxygen atoms in total. The van der Waals surface area contributed by atoms with E-state index in [1.165, 1.54) is 12.1 Å². The van der Waals surface area contributed by atoms with E-state index < -0.39 is 0 Å². The largest absolute Gasteiger partial charge is 0.508 e. The van der Waals surface area contributed by atoms with Crippen molar-refractivity contribution < 1.29 is 9.90 Å². The van der Waals surface area contributed by atoms with Crippen molar-refractivity contribution in [2.75, 3.05) is 0 Å². The lowest BCUT2D eigenvalue weighted by molar-refractivity contribution is -0.118. The third kappa shape index (κ3) is 1.75. The Hall–Kier alpha value is -1.79. The summed E-state index contributed by atoms with van der Waals surface area (Å²) in [5, 5.41) is 19.0. The Bertz CT molecular complexity index is 642. The number of carbonyl (C=O) groups excluding carboxylic acids is 1. The van der Waals surface area contributed by atoms with E-state index >= 15 is 0 Å². The average molecular weight is 274 g/mol. The fourth-order valence-electron chi connectivity index (χ4n) is 3.30. The molecule has 19 heavy (non-hydrogen) atoms. The molecule has 1 N–H and O–H groups in total. The van der Waals surface area contributed by atoms with Gasteiger partial charge in [-0.05, 0) is 48.1 Å². The number of halogens is 1. The minimum Gasteiger partial charge on any atom is -0.508 e. The highest BCUT2D eigenvalue weighted by Crippen LogP contribution is 2.50. The Morgan fingerprint density at radius 2 is 2.05 bits per heavy atom. The van der Waals surface area contributed by atoms with Crippen molar-refractivity contribution in [3.8, 4) is 11.8 Å². The number of hydrogen-bond acceptors (Lipinski definition) is 3. The Morgan fingerprint density at radius 3 is 2.74 bits per heavy atom. The maximum atomic E-state index is 12.2. The monoisotopic (exact) mass is 273 g/mol. The van der Waals surface area contributed by atoms with Gasteiger partial charge in [0.25, 0.3) is 0 Å². The zero-order valence-corrected chi connectivity index (χ0v) is 10.9. The smallest absolute Gasteiger partial charge is 0.177 e. The van der Waals surface area contributed by atoms with E-state index in [1.54, 1.807) is 6.07 Å². The number of hydrogen-bond donors (Lipinski definition) is 1. The molecule has 1 fully saturated rings. The topological polar surface area (TPSA) is 61.1 Å². The van der Waals surface area contributed by atoms with Gasteiger partial charge in [0, 0.05) is 5.92 Å². The lowest BCUT2D eigenvalue weighted by atomic mass is 9.90. The summed E-state index contributed by atoms with van der Waals surface area (Å²) in [6, 6.07) is 6.72. The van der Waals surface area contributed by atoms with Gasteiger partial charge in [0.05, 0.1) is 10.6 Å². The summed E-state index contributed by atoms with van der Waals surface area (Å²) < 4.78 is 0. The predicted octanol–water partition coefficient (Wildman–Crippen LogP) is 3.32. The van der Waals surface area contributed by atoms with E-state index in [2.05, 4.69) is 0 Å². The van der Waals surface area contributed by atoms with Gasteiger partial charge < -0.3 is 5.11 Å². The number of phenols is 1. The minimum absolute atomic E-state index is 0.0378. The van der Waals surface area contributed by atoms with Crippen molar-refractivity contribution >= 4 is 23.0 Å². The zero-order chi connectivity index (χ0) is 13.6. The summed E-state index contributed by atoms with van der Waals surface area (Å²) in [6.45, 7) is 0. The minimum atomic E-state index is -0.0467. The maximum Gasteiger partial charge on any atom is 0.177 e. The van der Waals surface area contributed by atoms with Gasteiger partial charge in [-0.2, -0.15) is 5.26 Å². The molecule has 0 saturated heterocycles. The molecule has 4 heteroatoms. The molecule has 2 unspecified atom stereocenters. The van der Waals surface area contributed by atoms with Crippen LogP contribution in [-0.2, 0) is 4.79 Å². The standard InChI is InChI=1S/C15H12ClNO2/c16-13-6-8(18)4-5-11(13)14-9-2-1-3-10(9)15(19)12(14)7-17/h4-6,9-10,18H,1-3H2. The van der Waals surface area contributed by atoms with Crippen LogP contribution in [0.1, 0.15) is 24.8 Å². The molecular formula is C15H12ClNO2. The summed E-state index contributed by atoms with van der Waals surface area (Å²) in [4.78, 5) is 12.2. The average Bonchev–Trinajstić information content (AvgIpc) is 2.93. The molecule has 0 radical (unpaired) electrons. The fraction of sp³-hybridized carbons (Fsp3) is 0.333. The summed E-state index contributed by atoms with van der Waals surface area (Å²) >= 11 is 6.16. The molecule has 1 aromatic rings. The first-order chi connectivity index (χ1) is 9.13. The molecule has 1 saturated carbocycles. The first-order valence-corrected chi connectivity index (χ1v) is 6.68. The van der Waals surface area contributed by atoms with Crippen LogP contribution < -0.4 is 0 Å². The van der Waals surface area contributed by atoms with E-state index in [1.807, 2.05) is 6.07 Å². The van der Waals surface area contributed by atoms with Crippen LogP contribution in [-0.4, -0.2) is 10.9 Å². The molecule has 0 heterocycles. The lowest BCUT2D eigenvalue weighted by Crippen LogP contribution is -2.11. The number of fused-ring (bicyclic) bond motifs is 1. The van der Waals surface area contributed by atoms with Crippen molar-refractivity contribution in [3.05, 3.63) is 34.4 Å². The highest BCUT2D eigenvalue weighted by Gasteiger charge is 2.45. The first-order valence-electron chi connectivity index (χ1n) is 6.31. The normalized spacial score (nSPS) is 25.6. The Kier molecular flexibility index (Phi) is 2.83. The Labute approximate surface area is 116 Å². The molecule has 3 rings (SSSR count). The second kappa shape index (κ2) is 4.40. The van der Waals surface area contributed by atoms with Crippen LogP contribution in [0.2, 0.25) is 5.02 Å². The molecule has 2 aliphatic rings. The number of carbonyl (C=O) groups is 1. The summed E-state index contributed by atoms with van der Waals surface area (Å²) in [7, 11) is 0. The van der Waals surface area contributed by atoms with Gasteiger partial charge in [-0.1, -0.05) is 18.0 Å². The number of phenolic OH excluding ortho intramolecular Hbond substituents is 1. The second-order valence-electron chi connectivity index (χ2n) is 5.07. The Morgan fingerprint density at radius 1 is 1.32 bits per heavy atom. The zero-order valence-electron chi connectivity index (χ0n) is 10.2. The van der Waals surface area contributed by atoms with Gasteiger partial charge in [-0.25, -0.2) is 0 Å². The molecule has 0 spiro atoms. The van der Waals surface area contributed by atoms with Crippen LogP contribution in [0.25, 0.3) is 5.57 Å². The van der Waals surface area contributed by atoms with Gasteiger partial charge in [-0.3, -0.25) is 4.79 Å². The number of Topliss-reactive ketones (excluding diaryl/α,β-unsaturated/α-hetero) is 1. The van der Waals surface area contributed by atoms with E-state index in [0.717, 1.165) is 24.8 Å². The first kappa shape index (κ1) is 12.3. The Balaban J connectivity index is 2.18. The number of benzene rings is 1. The van der Waals surface area contributed by atoms with Crippen LogP contribution in [0.15, 0.2) is 23.8 Å². The number of aromatic hydroxyl groups is 1. The van der Waals surface area contributed by atoms with E-state index in [4.69, 9.17) is 11.6 Å². The molecule has 0 bridgehead atoms. The van der Waals surface area contributed by atoms with Crippen molar-refractivity contribution in [2.45, 2.75) is 19.3 Å². The quantitative estimate of drug-likeness (QED) is 0.854. The van der Waals surface area contributed by atoms with Crippen LogP contribution >= 0.6 is 11.6 Å². The maximum absolute atomic E-state index is 12.2. The SMILES string of the molecule is N#CC1=C(c2ccc(O)cc2Cl)C2CCCC2C1=O. The molecule has 0 aromatic heterocycles. The van der Waals surface area contributed by atoms with Crippen molar-refractivity contribution in [1.82, 2.24) is 0 Å². The van der Waals surface area contributed by atoms with Gasteiger partial charge in [0.15, 0.2) is 5.78 Å². The molecule has 2 aliphatic carbocycles. The van der Waals surface area contributed by atoms with Crippen molar-refractivity contribution in [2.24, 2.45) is 11.8 Å². The number of nitrogens with zero attached hydrogens (tertiary/aromatic N) is 1. The number of nitriles is 1. The van der Waals surface area contributed by atoms with Gasteiger partial charge in [-0.15, -0.1) is 0 Å². The highest BCUT2D eigenvalue weighted by atomic mass is 35.5. The molecule has 0 amide bonds. The molecule has 1 aromatic carbocycles. The number of allylic oxidation sites excluding steroid dienone is 2. The van der Waals surface area contributed by atoms with Crippen LogP contribution in [0.4, 0.5) is 0 Å². The van der Waals surface area contributed by atoms with Gasteiger partial charge in [0.1, 0.15) is 11.8 Å². The van der Waals surface area contributed by atoms with E-state index in [0.29, 0.717) is 10.6 Å². The third-order valence-corrected chi connectivity index (χ3v) is 4.41. The van der Waals surface area contributed by atoms with E-state index in [-0.39, 0.29) is 28.9 Å². The van der Waals surface area contributed by atoms with Crippen LogP contribution in [0.3, 0.4) is 0 Å². The predicted molar refractivity (Wildman–Crippen MR) is 71.5 cm³/mol. The van der Waals surface area contributed by atoms with Gasteiger partial charge >= 0.3 is 0 Å². The molecular weight excluding hydrogens is 262 g/mol. The lowest BCUT2D eigenvalue weighted by Gasteiger charge is -2.14. The van der Waals surface area contributed by atoms with Crippen molar-refractivity contribution in [3.63, 3.8) is 0 Å². The third-order valence-electron chi connectivity index (χ3n) is 4.09. The summed E-state index contributed by atoms with van der Waals surface area (Å²) in [5.74, 6) is 0.114.